The zero-order valence-electron chi connectivity index (χ0n) is 13.8. The van der Waals surface area contributed by atoms with Crippen molar-refractivity contribution < 1.29 is 14.3 Å². The number of benzene rings is 2. The van der Waals surface area contributed by atoms with Crippen molar-refractivity contribution in [3.8, 4) is 11.5 Å². The molecule has 0 aliphatic carbocycles. The van der Waals surface area contributed by atoms with Gasteiger partial charge in [-0.25, -0.2) is 0 Å². The molecule has 5 heteroatoms. The number of rotatable bonds is 3. The molecule has 1 aliphatic heterocycles. The summed E-state index contributed by atoms with van der Waals surface area (Å²) in [4.78, 5) is 12.3. The van der Waals surface area contributed by atoms with Crippen molar-refractivity contribution in [2.24, 2.45) is 0 Å². The Kier molecular flexibility index (Phi) is 4.50. The van der Waals surface area contributed by atoms with Crippen LogP contribution in [0.1, 0.15) is 41.8 Å². The lowest BCUT2D eigenvalue weighted by Crippen LogP contribution is -2.36. The lowest BCUT2D eigenvalue weighted by molar-refractivity contribution is 0.0613. The Morgan fingerprint density at radius 3 is 2.67 bits per heavy atom. The van der Waals surface area contributed by atoms with Gasteiger partial charge in [0.15, 0.2) is 5.78 Å². The van der Waals surface area contributed by atoms with E-state index < -0.39 is 5.60 Å². The molecule has 126 valence electrons. The van der Waals surface area contributed by atoms with Crippen LogP contribution in [-0.2, 0) is 6.61 Å². The molecule has 0 amide bonds. The average molecular weight is 365 g/mol. The molecular weight excluding hydrogens is 347 g/mol. The summed E-state index contributed by atoms with van der Waals surface area (Å²) in [5.74, 6) is 1.37. The fourth-order valence-electron chi connectivity index (χ4n) is 2.77. The molecule has 0 bridgehead atoms. The Bertz CT molecular complexity index is 812. The Hall–Kier alpha value is -1.71. The molecule has 3 rings (SSSR count). The highest BCUT2D eigenvalue weighted by molar-refractivity contribution is 6.35. The van der Waals surface area contributed by atoms with Crippen LogP contribution < -0.4 is 9.47 Å². The van der Waals surface area contributed by atoms with Gasteiger partial charge in [0.05, 0.1) is 12.0 Å². The first-order chi connectivity index (χ1) is 11.3. The van der Waals surface area contributed by atoms with E-state index in [4.69, 9.17) is 32.7 Å². The van der Waals surface area contributed by atoms with Gasteiger partial charge in [-0.3, -0.25) is 4.79 Å². The Morgan fingerprint density at radius 1 is 1.21 bits per heavy atom. The molecule has 24 heavy (non-hydrogen) atoms. The molecule has 0 fully saturated rings. The summed E-state index contributed by atoms with van der Waals surface area (Å²) >= 11 is 12.1. The van der Waals surface area contributed by atoms with Crippen molar-refractivity contribution in [3.05, 3.63) is 57.1 Å². The molecule has 2 aromatic rings. The number of halogens is 2. The third kappa shape index (κ3) is 3.38. The van der Waals surface area contributed by atoms with Crippen molar-refractivity contribution in [3.63, 3.8) is 0 Å². The van der Waals surface area contributed by atoms with Crippen LogP contribution in [0.2, 0.25) is 10.0 Å². The zero-order chi connectivity index (χ0) is 17.5. The van der Waals surface area contributed by atoms with Crippen LogP contribution in [0.25, 0.3) is 0 Å². The van der Waals surface area contributed by atoms with Crippen LogP contribution in [0.4, 0.5) is 0 Å². The van der Waals surface area contributed by atoms with Gasteiger partial charge in [0, 0.05) is 21.2 Å². The van der Waals surface area contributed by atoms with Crippen molar-refractivity contribution >= 4 is 29.0 Å². The van der Waals surface area contributed by atoms with Gasteiger partial charge in [0.25, 0.3) is 0 Å². The van der Waals surface area contributed by atoms with Gasteiger partial charge in [-0.2, -0.15) is 0 Å². The minimum absolute atomic E-state index is 0.0941. The van der Waals surface area contributed by atoms with Gasteiger partial charge in [-0.1, -0.05) is 29.3 Å². The first kappa shape index (κ1) is 17.1. The molecular formula is C19H18Cl2O3. The third-order valence-electron chi connectivity index (χ3n) is 4.02. The largest absolute Gasteiger partial charge is 0.488 e. The predicted octanol–water partition coefficient (Wildman–Crippen LogP) is 5.62. The maximum Gasteiger partial charge on any atom is 0.170 e. The minimum Gasteiger partial charge on any atom is -0.488 e. The number of carbonyl (C=O) groups is 1. The number of ketones is 1. The lowest BCUT2D eigenvalue weighted by Gasteiger charge is -2.33. The fourth-order valence-corrected chi connectivity index (χ4v) is 3.23. The second-order valence-corrected chi connectivity index (χ2v) is 7.40. The van der Waals surface area contributed by atoms with E-state index in [1.165, 1.54) is 0 Å². The smallest absolute Gasteiger partial charge is 0.170 e. The number of hydrogen-bond donors (Lipinski definition) is 0. The molecule has 0 saturated carbocycles. The maximum absolute atomic E-state index is 12.3. The topological polar surface area (TPSA) is 35.5 Å². The highest BCUT2D eigenvalue weighted by atomic mass is 35.5. The number of Topliss-reactive ketones (excluding diaryl/α,β-unsaturated/α-hetero) is 1. The molecule has 1 heterocycles. The Balaban J connectivity index is 1.86. The summed E-state index contributed by atoms with van der Waals surface area (Å²) in [6, 6.07) is 8.86. The van der Waals surface area contributed by atoms with E-state index >= 15 is 0 Å². The third-order valence-corrected chi connectivity index (χ3v) is 4.61. The minimum atomic E-state index is -0.507. The maximum atomic E-state index is 12.3. The summed E-state index contributed by atoms with van der Waals surface area (Å²) in [5.41, 5.74) is 1.77. The molecule has 0 atom stereocenters. The van der Waals surface area contributed by atoms with Crippen LogP contribution in [0.3, 0.4) is 0 Å². The van der Waals surface area contributed by atoms with E-state index in [0.29, 0.717) is 40.1 Å². The van der Waals surface area contributed by atoms with Gasteiger partial charge in [0.1, 0.15) is 23.7 Å². The molecule has 0 saturated heterocycles. The predicted molar refractivity (Wildman–Crippen MR) is 95.6 cm³/mol. The first-order valence-corrected chi connectivity index (χ1v) is 8.45. The van der Waals surface area contributed by atoms with Crippen LogP contribution in [0.5, 0.6) is 11.5 Å². The first-order valence-electron chi connectivity index (χ1n) is 7.69. The van der Waals surface area contributed by atoms with E-state index in [9.17, 15) is 4.79 Å². The Labute approximate surface area is 151 Å². The quantitative estimate of drug-likeness (QED) is 0.708. The summed E-state index contributed by atoms with van der Waals surface area (Å²) in [5, 5.41) is 1.15. The van der Waals surface area contributed by atoms with Gasteiger partial charge < -0.3 is 9.47 Å². The van der Waals surface area contributed by atoms with Gasteiger partial charge in [-0.15, -0.1) is 0 Å². The molecule has 0 spiro atoms. The van der Waals surface area contributed by atoms with Crippen molar-refractivity contribution in [2.45, 2.75) is 39.4 Å². The Morgan fingerprint density at radius 2 is 1.96 bits per heavy atom. The lowest BCUT2D eigenvalue weighted by atomic mass is 9.91. The van der Waals surface area contributed by atoms with Crippen LogP contribution in [0.15, 0.2) is 30.3 Å². The number of fused-ring (bicyclic) bond motifs is 1. The molecule has 0 radical (unpaired) electrons. The monoisotopic (exact) mass is 364 g/mol. The van der Waals surface area contributed by atoms with Crippen molar-refractivity contribution in [2.75, 3.05) is 0 Å². The number of ether oxygens (including phenoxy) is 2. The molecule has 0 N–H and O–H groups in total. The molecule has 2 aromatic carbocycles. The summed E-state index contributed by atoms with van der Waals surface area (Å²) in [6.45, 7) is 6.03. The summed E-state index contributed by atoms with van der Waals surface area (Å²) < 4.78 is 11.9. The van der Waals surface area contributed by atoms with Crippen molar-refractivity contribution in [1.82, 2.24) is 0 Å². The van der Waals surface area contributed by atoms with Gasteiger partial charge >= 0.3 is 0 Å². The highest BCUT2D eigenvalue weighted by Gasteiger charge is 2.34. The number of carbonyl (C=O) groups excluding carboxylic acids is 1. The SMILES string of the molecule is Cc1c(OCc2ccc(Cl)cc2Cl)ccc2c1OC(C)(C)CC2=O. The molecule has 3 nitrogen and oxygen atoms in total. The molecule has 0 unspecified atom stereocenters. The molecule has 0 aromatic heterocycles. The summed E-state index contributed by atoms with van der Waals surface area (Å²) in [6.07, 6.45) is 0.375. The van der Waals surface area contributed by atoms with Crippen LogP contribution in [-0.4, -0.2) is 11.4 Å². The number of hydrogen-bond acceptors (Lipinski definition) is 3. The molecule has 1 aliphatic rings. The van der Waals surface area contributed by atoms with Crippen LogP contribution >= 0.6 is 23.2 Å². The second-order valence-electron chi connectivity index (χ2n) is 6.55. The van der Waals surface area contributed by atoms with E-state index in [1.807, 2.05) is 26.8 Å². The van der Waals surface area contributed by atoms with E-state index in [-0.39, 0.29) is 5.78 Å². The van der Waals surface area contributed by atoms with Crippen LogP contribution in [0, 0.1) is 6.92 Å². The highest BCUT2D eigenvalue weighted by Crippen LogP contribution is 2.39. The van der Waals surface area contributed by atoms with E-state index in [2.05, 4.69) is 0 Å². The standard InChI is InChI=1S/C19H18Cl2O3/c1-11-17(23-10-12-4-5-13(20)8-15(12)21)7-6-14-16(22)9-19(2,3)24-18(11)14/h4-8H,9-10H2,1-3H3. The second kappa shape index (κ2) is 6.30. The average Bonchev–Trinajstić information content (AvgIpc) is 2.48. The van der Waals surface area contributed by atoms with E-state index in [1.54, 1.807) is 24.3 Å². The normalized spacial score (nSPS) is 15.6. The zero-order valence-corrected chi connectivity index (χ0v) is 15.3. The van der Waals surface area contributed by atoms with Crippen molar-refractivity contribution in [1.29, 1.82) is 0 Å². The fraction of sp³-hybridized carbons (Fsp3) is 0.316. The van der Waals surface area contributed by atoms with Gasteiger partial charge in [-0.05, 0) is 45.0 Å². The van der Waals surface area contributed by atoms with Gasteiger partial charge in [0.2, 0.25) is 0 Å². The van der Waals surface area contributed by atoms with E-state index in [0.717, 1.165) is 11.1 Å². The summed E-state index contributed by atoms with van der Waals surface area (Å²) in [7, 11) is 0.